The fourth-order valence-electron chi connectivity index (χ4n) is 0.562. The van der Waals surface area contributed by atoms with Gasteiger partial charge in [0.05, 0.1) is 8.22 Å². The lowest BCUT2D eigenvalue weighted by molar-refractivity contribution is 1.46. The summed E-state index contributed by atoms with van der Waals surface area (Å²) in [5.74, 6) is 0. The van der Waals surface area contributed by atoms with E-state index in [1.165, 1.54) is 13.8 Å². The van der Waals surface area contributed by atoms with Gasteiger partial charge in [-0.3, -0.25) is 0 Å². The number of hydrogen-bond acceptors (Lipinski definition) is 0. The maximum absolute atomic E-state index is 7.67. The summed E-state index contributed by atoms with van der Waals surface area (Å²) in [7, 11) is 0. The van der Waals surface area contributed by atoms with E-state index in [9.17, 15) is 0 Å². The summed E-state index contributed by atoms with van der Waals surface area (Å²) >= 11 is 0. The summed E-state index contributed by atoms with van der Waals surface area (Å²) in [5.41, 5.74) is 0.155. The van der Waals surface area contributed by atoms with E-state index in [4.69, 9.17) is 8.22 Å². The summed E-state index contributed by atoms with van der Waals surface area (Å²) < 4.78 is 45.4. The standard InChI is InChI=1S/C10H12/c1-3-4-10-7-5-9(2)6-8-10/h3-8H,1-2H3/b4-3+/i3D,4D,5D,6D,7D,8D. The van der Waals surface area contributed by atoms with Gasteiger partial charge in [-0.1, -0.05) is 41.8 Å². The van der Waals surface area contributed by atoms with Gasteiger partial charge in [0.15, 0.2) is 0 Å². The highest BCUT2D eigenvalue weighted by molar-refractivity contribution is 5.48. The van der Waals surface area contributed by atoms with Crippen molar-refractivity contribution in [3.8, 4) is 0 Å². The molecule has 0 aliphatic rings. The molecule has 10 heavy (non-hydrogen) atoms. The van der Waals surface area contributed by atoms with Crippen molar-refractivity contribution < 1.29 is 8.22 Å². The Kier molecular flexibility index (Phi) is 0.814. The average Bonchev–Trinajstić information content (AvgIpc) is 2.23. The number of allylic oxidation sites excluding steroid dienone is 1. The van der Waals surface area contributed by atoms with Gasteiger partial charge in [-0.05, 0) is 19.4 Å². The molecular formula is C10H12. The second-order valence-corrected chi connectivity index (χ2v) is 1.88. The van der Waals surface area contributed by atoms with E-state index < -0.39 is 0 Å². The smallest absolute Gasteiger partial charge is 0.0629 e. The predicted molar refractivity (Wildman–Crippen MR) is 45.9 cm³/mol. The van der Waals surface area contributed by atoms with E-state index in [-0.39, 0.29) is 47.4 Å². The van der Waals surface area contributed by atoms with Crippen LogP contribution in [-0.4, -0.2) is 0 Å². The molecule has 0 bridgehead atoms. The van der Waals surface area contributed by atoms with E-state index in [1.54, 1.807) is 0 Å². The molecule has 0 spiro atoms. The van der Waals surface area contributed by atoms with Gasteiger partial charge in [0.25, 0.3) is 0 Å². The Hall–Kier alpha value is -1.04. The fraction of sp³-hybridized carbons (Fsp3) is 0.200. The van der Waals surface area contributed by atoms with Crippen LogP contribution in [0.3, 0.4) is 0 Å². The summed E-state index contributed by atoms with van der Waals surface area (Å²) in [6.07, 6.45) is 0. The molecule has 0 nitrogen and oxygen atoms in total. The number of rotatable bonds is 1. The Morgan fingerprint density at radius 1 is 1.40 bits per heavy atom. The largest absolute Gasteiger partial charge is 0.0871 e. The van der Waals surface area contributed by atoms with Crippen molar-refractivity contribution in [2.45, 2.75) is 13.8 Å². The van der Waals surface area contributed by atoms with E-state index in [2.05, 4.69) is 0 Å². The van der Waals surface area contributed by atoms with Gasteiger partial charge in [-0.15, -0.1) is 0 Å². The Morgan fingerprint density at radius 2 is 2.00 bits per heavy atom. The van der Waals surface area contributed by atoms with Crippen LogP contribution < -0.4 is 0 Å². The number of benzene rings is 1. The highest BCUT2D eigenvalue weighted by Crippen LogP contribution is 2.04. The summed E-state index contributed by atoms with van der Waals surface area (Å²) in [6.45, 7) is 2.89. The Bertz CT molecular complexity index is 442. The van der Waals surface area contributed by atoms with Gasteiger partial charge in [0.2, 0.25) is 0 Å². The Morgan fingerprint density at radius 3 is 2.50 bits per heavy atom. The third kappa shape index (κ3) is 1.73. The molecule has 0 atom stereocenters. The van der Waals surface area contributed by atoms with Gasteiger partial charge in [0, 0.05) is 0 Å². The first-order valence-corrected chi connectivity index (χ1v) is 3.00. The molecular weight excluding hydrogens is 120 g/mol. The van der Waals surface area contributed by atoms with Crippen molar-refractivity contribution >= 4 is 6.05 Å². The van der Waals surface area contributed by atoms with Crippen LogP contribution in [0.25, 0.3) is 6.05 Å². The summed E-state index contributed by atoms with van der Waals surface area (Å²) in [6, 6.07) is -1.16. The quantitative estimate of drug-likeness (QED) is 0.559. The lowest BCUT2D eigenvalue weighted by atomic mass is 10.1. The average molecular weight is 138 g/mol. The van der Waals surface area contributed by atoms with E-state index in [0.717, 1.165) is 0 Å². The highest BCUT2D eigenvalue weighted by atomic mass is 13.9. The molecule has 0 amide bonds. The molecule has 0 unspecified atom stereocenters. The molecule has 1 rings (SSSR count). The highest BCUT2D eigenvalue weighted by Gasteiger charge is 1.83. The maximum atomic E-state index is 7.67. The third-order valence-electron chi connectivity index (χ3n) is 1.00. The molecule has 0 N–H and O–H groups in total. The molecule has 0 saturated carbocycles. The van der Waals surface area contributed by atoms with Crippen LogP contribution in [0.15, 0.2) is 30.2 Å². The lowest BCUT2D eigenvalue weighted by Crippen LogP contribution is -1.71. The van der Waals surface area contributed by atoms with Gasteiger partial charge >= 0.3 is 0 Å². The maximum Gasteiger partial charge on any atom is 0.0629 e. The fourth-order valence-corrected chi connectivity index (χ4v) is 0.562. The molecule has 52 valence electrons. The minimum Gasteiger partial charge on any atom is -0.0871 e. The second-order valence-electron chi connectivity index (χ2n) is 1.88. The van der Waals surface area contributed by atoms with E-state index in [0.29, 0.717) is 0 Å². The van der Waals surface area contributed by atoms with Crippen molar-refractivity contribution in [3.63, 3.8) is 0 Å². The minimum absolute atomic E-state index is 0.0790. The SMILES string of the molecule is [2H]/C(C)=C(/[2H])c1c([2H])c([2H])c(C)c([2H])c1[2H]. The molecule has 1 aromatic carbocycles. The molecule has 0 aliphatic carbocycles. The molecule has 0 heteroatoms. The van der Waals surface area contributed by atoms with Gasteiger partial charge in [0.1, 0.15) is 0 Å². The molecule has 0 heterocycles. The first kappa shape index (κ1) is 2.54. The minimum atomic E-state index is -0.267. The van der Waals surface area contributed by atoms with Crippen LogP contribution in [0, 0.1) is 6.92 Å². The van der Waals surface area contributed by atoms with Crippen LogP contribution in [0.1, 0.15) is 26.3 Å². The van der Waals surface area contributed by atoms with Crippen molar-refractivity contribution in [1.82, 2.24) is 0 Å². The number of hydrogen-bond donors (Lipinski definition) is 0. The predicted octanol–water partition coefficient (Wildman–Crippen LogP) is 3.03. The monoisotopic (exact) mass is 138 g/mol. The summed E-state index contributed by atoms with van der Waals surface area (Å²) in [4.78, 5) is 0. The normalized spacial score (nSPS) is 21.0. The first-order valence-electron chi connectivity index (χ1n) is 6.00. The van der Waals surface area contributed by atoms with Gasteiger partial charge in [-0.2, -0.15) is 0 Å². The van der Waals surface area contributed by atoms with E-state index in [1.807, 2.05) is 0 Å². The topological polar surface area (TPSA) is 0 Å². The van der Waals surface area contributed by atoms with Crippen molar-refractivity contribution in [2.75, 3.05) is 0 Å². The van der Waals surface area contributed by atoms with Crippen molar-refractivity contribution in [3.05, 3.63) is 41.3 Å². The molecule has 0 aromatic heterocycles. The third-order valence-corrected chi connectivity index (χ3v) is 1.00. The Balaban J connectivity index is 3.72. The van der Waals surface area contributed by atoms with Crippen molar-refractivity contribution in [2.24, 2.45) is 0 Å². The zero-order valence-corrected chi connectivity index (χ0v) is 6.00. The molecule has 0 saturated heterocycles. The van der Waals surface area contributed by atoms with Crippen LogP contribution >= 0.6 is 0 Å². The first-order chi connectivity index (χ1) is 7.29. The lowest BCUT2D eigenvalue weighted by Gasteiger charge is -1.92. The van der Waals surface area contributed by atoms with E-state index >= 15 is 0 Å². The second kappa shape index (κ2) is 3.21. The zero-order valence-electron chi connectivity index (χ0n) is 12.0. The van der Waals surface area contributed by atoms with Crippen LogP contribution in [-0.2, 0) is 0 Å². The van der Waals surface area contributed by atoms with Crippen LogP contribution in [0.2, 0.25) is 0 Å². The summed E-state index contributed by atoms with van der Waals surface area (Å²) in [5, 5.41) is 0. The van der Waals surface area contributed by atoms with Crippen LogP contribution in [0.5, 0.6) is 0 Å². The van der Waals surface area contributed by atoms with Crippen LogP contribution in [0.4, 0.5) is 0 Å². The zero-order chi connectivity index (χ0) is 12.6. The van der Waals surface area contributed by atoms with Crippen molar-refractivity contribution in [1.29, 1.82) is 0 Å². The van der Waals surface area contributed by atoms with Gasteiger partial charge < -0.3 is 0 Å². The van der Waals surface area contributed by atoms with Gasteiger partial charge in [-0.25, -0.2) is 0 Å². The Labute approximate surface area is 70.6 Å². The molecule has 1 aromatic rings. The molecule has 0 fully saturated rings. The molecule has 0 aliphatic heterocycles. The molecule has 0 radical (unpaired) electrons.